The van der Waals surface area contributed by atoms with Gasteiger partial charge in [0, 0.05) is 13.6 Å². The third-order valence-electron chi connectivity index (χ3n) is 3.34. The molecule has 2 rings (SSSR count). The quantitative estimate of drug-likeness (QED) is 0.763. The Bertz CT molecular complexity index is 372. The Labute approximate surface area is 96.9 Å². The summed E-state index contributed by atoms with van der Waals surface area (Å²) in [6, 6.07) is 6.15. The summed E-state index contributed by atoms with van der Waals surface area (Å²) >= 11 is 0. The van der Waals surface area contributed by atoms with Gasteiger partial charge in [0.2, 0.25) is 0 Å². The molecule has 0 unspecified atom stereocenters. The van der Waals surface area contributed by atoms with Crippen molar-refractivity contribution in [3.05, 3.63) is 23.8 Å². The van der Waals surface area contributed by atoms with E-state index in [9.17, 15) is 5.11 Å². The fourth-order valence-electron chi connectivity index (χ4n) is 2.36. The highest BCUT2D eigenvalue weighted by Gasteiger charge is 2.28. The van der Waals surface area contributed by atoms with E-state index in [-0.39, 0.29) is 6.10 Å². The van der Waals surface area contributed by atoms with E-state index in [0.717, 1.165) is 30.8 Å². The molecule has 0 aliphatic heterocycles. The second-order valence-electron chi connectivity index (χ2n) is 4.93. The number of aryl methyl sites for hydroxylation is 1. The molecule has 0 heterocycles. The zero-order chi connectivity index (χ0) is 11.7. The first-order valence-electron chi connectivity index (χ1n) is 5.81. The summed E-state index contributed by atoms with van der Waals surface area (Å²) < 4.78 is 0. The predicted molar refractivity (Wildman–Crippen MR) is 67.6 cm³/mol. The van der Waals surface area contributed by atoms with E-state index in [2.05, 4.69) is 24.1 Å². The van der Waals surface area contributed by atoms with Crippen molar-refractivity contribution in [1.29, 1.82) is 0 Å². The molecule has 0 amide bonds. The van der Waals surface area contributed by atoms with Crippen LogP contribution in [0.15, 0.2) is 18.2 Å². The van der Waals surface area contributed by atoms with Gasteiger partial charge in [0.1, 0.15) is 0 Å². The number of hydrogen-bond acceptors (Lipinski definition) is 3. The van der Waals surface area contributed by atoms with Crippen LogP contribution >= 0.6 is 0 Å². The molecule has 3 nitrogen and oxygen atoms in total. The highest BCUT2D eigenvalue weighted by molar-refractivity contribution is 5.68. The van der Waals surface area contributed by atoms with E-state index < -0.39 is 0 Å². The van der Waals surface area contributed by atoms with Gasteiger partial charge in [0.05, 0.1) is 17.5 Å². The van der Waals surface area contributed by atoms with Gasteiger partial charge in [0.25, 0.3) is 0 Å². The molecule has 0 radical (unpaired) electrons. The summed E-state index contributed by atoms with van der Waals surface area (Å²) in [7, 11) is 2.06. The van der Waals surface area contributed by atoms with Crippen molar-refractivity contribution in [3.63, 3.8) is 0 Å². The van der Waals surface area contributed by atoms with Gasteiger partial charge in [-0.3, -0.25) is 0 Å². The average molecular weight is 220 g/mol. The monoisotopic (exact) mass is 220 g/mol. The first-order chi connectivity index (χ1) is 7.56. The van der Waals surface area contributed by atoms with Gasteiger partial charge >= 0.3 is 0 Å². The maximum atomic E-state index is 9.25. The van der Waals surface area contributed by atoms with Crippen LogP contribution < -0.4 is 10.6 Å². The van der Waals surface area contributed by atoms with Crippen molar-refractivity contribution in [2.24, 2.45) is 5.92 Å². The van der Waals surface area contributed by atoms with Gasteiger partial charge in [-0.25, -0.2) is 0 Å². The molecule has 16 heavy (non-hydrogen) atoms. The lowest BCUT2D eigenvalue weighted by Gasteiger charge is -2.35. The SMILES string of the molecule is Cc1ccc(N(C)CC2CC(O)C2)c(N)c1. The standard InChI is InChI=1S/C13H20N2O/c1-9-3-4-13(12(14)5-9)15(2)8-10-6-11(16)7-10/h3-5,10-11,16H,6-8,14H2,1-2H3. The number of rotatable bonds is 3. The van der Waals surface area contributed by atoms with Crippen molar-refractivity contribution < 1.29 is 5.11 Å². The topological polar surface area (TPSA) is 49.5 Å². The summed E-state index contributed by atoms with van der Waals surface area (Å²) in [5.41, 5.74) is 9.11. The minimum absolute atomic E-state index is 0.0752. The third-order valence-corrected chi connectivity index (χ3v) is 3.34. The van der Waals surface area contributed by atoms with Crippen LogP contribution in [0.2, 0.25) is 0 Å². The molecule has 1 aromatic rings. The third kappa shape index (κ3) is 2.30. The molecule has 0 aromatic heterocycles. The highest BCUT2D eigenvalue weighted by atomic mass is 16.3. The number of nitrogens with two attached hydrogens (primary N) is 1. The fraction of sp³-hybridized carbons (Fsp3) is 0.538. The van der Waals surface area contributed by atoms with E-state index in [0.29, 0.717) is 5.92 Å². The summed E-state index contributed by atoms with van der Waals surface area (Å²) in [4.78, 5) is 2.19. The Hall–Kier alpha value is -1.22. The second kappa shape index (κ2) is 4.34. The summed E-state index contributed by atoms with van der Waals surface area (Å²) in [5, 5.41) is 9.25. The molecule has 0 saturated heterocycles. The number of nitrogen functional groups attached to an aromatic ring is 1. The van der Waals surface area contributed by atoms with E-state index in [4.69, 9.17) is 5.73 Å². The first-order valence-corrected chi connectivity index (χ1v) is 5.81. The van der Waals surface area contributed by atoms with Crippen LogP contribution in [0, 0.1) is 12.8 Å². The van der Waals surface area contributed by atoms with Gasteiger partial charge < -0.3 is 15.7 Å². The van der Waals surface area contributed by atoms with Crippen LogP contribution in [-0.4, -0.2) is 24.8 Å². The molecule has 1 fully saturated rings. The maximum absolute atomic E-state index is 9.25. The van der Waals surface area contributed by atoms with Gasteiger partial charge in [-0.2, -0.15) is 0 Å². The largest absolute Gasteiger partial charge is 0.397 e. The molecule has 1 aliphatic rings. The Kier molecular flexibility index (Phi) is 3.06. The number of aliphatic hydroxyl groups is 1. The van der Waals surface area contributed by atoms with Gasteiger partial charge in [-0.1, -0.05) is 6.07 Å². The molecule has 88 valence electrons. The van der Waals surface area contributed by atoms with Crippen LogP contribution in [0.3, 0.4) is 0 Å². The van der Waals surface area contributed by atoms with Crippen molar-refractivity contribution in [1.82, 2.24) is 0 Å². The maximum Gasteiger partial charge on any atom is 0.0597 e. The van der Waals surface area contributed by atoms with Crippen molar-refractivity contribution in [3.8, 4) is 0 Å². The Morgan fingerprint density at radius 1 is 1.44 bits per heavy atom. The molecular formula is C13H20N2O. The fourth-order valence-corrected chi connectivity index (χ4v) is 2.36. The normalized spacial score (nSPS) is 23.9. The molecule has 3 heteroatoms. The number of nitrogens with zero attached hydrogens (tertiary/aromatic N) is 1. The van der Waals surface area contributed by atoms with Crippen LogP contribution in [0.25, 0.3) is 0 Å². The molecule has 1 saturated carbocycles. The zero-order valence-corrected chi connectivity index (χ0v) is 9.98. The van der Waals surface area contributed by atoms with Crippen LogP contribution in [-0.2, 0) is 0 Å². The summed E-state index contributed by atoms with van der Waals surface area (Å²) in [6.45, 7) is 3.02. The van der Waals surface area contributed by atoms with Crippen molar-refractivity contribution >= 4 is 11.4 Å². The van der Waals surface area contributed by atoms with Gasteiger partial charge in [-0.15, -0.1) is 0 Å². The van der Waals surface area contributed by atoms with E-state index in [1.54, 1.807) is 0 Å². The van der Waals surface area contributed by atoms with E-state index >= 15 is 0 Å². The van der Waals surface area contributed by atoms with E-state index in [1.807, 2.05) is 13.0 Å². The van der Waals surface area contributed by atoms with Crippen LogP contribution in [0.1, 0.15) is 18.4 Å². The first kappa shape index (κ1) is 11.3. The van der Waals surface area contributed by atoms with Crippen LogP contribution in [0.4, 0.5) is 11.4 Å². The molecule has 1 aliphatic carbocycles. The Morgan fingerprint density at radius 3 is 2.69 bits per heavy atom. The predicted octanol–water partition coefficient (Wildman–Crippen LogP) is 1.78. The highest BCUT2D eigenvalue weighted by Crippen LogP contribution is 2.30. The molecule has 0 spiro atoms. The Balaban J connectivity index is 2.00. The van der Waals surface area contributed by atoms with Crippen LogP contribution in [0.5, 0.6) is 0 Å². The van der Waals surface area contributed by atoms with Crippen molar-refractivity contribution in [2.75, 3.05) is 24.2 Å². The minimum atomic E-state index is -0.0752. The lowest BCUT2D eigenvalue weighted by atomic mass is 9.82. The lowest BCUT2D eigenvalue weighted by Crippen LogP contribution is -2.37. The lowest BCUT2D eigenvalue weighted by molar-refractivity contribution is 0.0465. The molecular weight excluding hydrogens is 200 g/mol. The number of aliphatic hydroxyl groups excluding tert-OH is 1. The smallest absolute Gasteiger partial charge is 0.0597 e. The molecule has 0 atom stereocenters. The van der Waals surface area contributed by atoms with E-state index in [1.165, 1.54) is 5.56 Å². The van der Waals surface area contributed by atoms with Crippen molar-refractivity contribution in [2.45, 2.75) is 25.9 Å². The van der Waals surface area contributed by atoms with Gasteiger partial charge in [-0.05, 0) is 43.4 Å². The molecule has 1 aromatic carbocycles. The number of anilines is 2. The second-order valence-corrected chi connectivity index (χ2v) is 4.93. The summed E-state index contributed by atoms with van der Waals surface area (Å²) in [5.74, 6) is 0.612. The minimum Gasteiger partial charge on any atom is -0.397 e. The average Bonchev–Trinajstić information content (AvgIpc) is 2.15. The molecule has 3 N–H and O–H groups in total. The van der Waals surface area contributed by atoms with Gasteiger partial charge in [0.15, 0.2) is 0 Å². The summed E-state index contributed by atoms with van der Waals surface area (Å²) in [6.07, 6.45) is 1.78. The number of benzene rings is 1. The molecule has 0 bridgehead atoms. The zero-order valence-electron chi connectivity index (χ0n) is 9.98. The Morgan fingerprint density at radius 2 is 2.12 bits per heavy atom. The number of hydrogen-bond donors (Lipinski definition) is 2.